The Kier molecular flexibility index (Phi) is 3.16. The summed E-state index contributed by atoms with van der Waals surface area (Å²) in [5.74, 6) is 1.16. The molecule has 1 unspecified atom stereocenters. The highest BCUT2D eigenvalue weighted by Crippen LogP contribution is 2.30. The number of halogens is 1. The molecule has 1 aromatic carbocycles. The third-order valence-corrected chi connectivity index (χ3v) is 3.15. The van der Waals surface area contributed by atoms with E-state index in [4.69, 9.17) is 5.26 Å². The fourth-order valence-corrected chi connectivity index (χ4v) is 2.33. The molecule has 17 heavy (non-hydrogen) atoms. The van der Waals surface area contributed by atoms with Crippen LogP contribution in [0.15, 0.2) is 36.7 Å². The molecule has 0 radical (unpaired) electrons. The molecule has 1 aromatic heterocycles. The lowest BCUT2D eigenvalue weighted by atomic mass is 10.0. The Labute approximate surface area is 106 Å². The molecular formula is C13H12ClN3. The van der Waals surface area contributed by atoms with Gasteiger partial charge in [-0.25, -0.2) is 4.98 Å². The van der Waals surface area contributed by atoms with Crippen LogP contribution in [0.5, 0.6) is 0 Å². The predicted molar refractivity (Wildman–Crippen MR) is 67.1 cm³/mol. The van der Waals surface area contributed by atoms with E-state index in [1.165, 1.54) is 5.56 Å². The highest BCUT2D eigenvalue weighted by atomic mass is 35.5. The van der Waals surface area contributed by atoms with Crippen LogP contribution in [0.3, 0.4) is 0 Å². The van der Waals surface area contributed by atoms with E-state index in [1.807, 2.05) is 36.7 Å². The number of hydrogen-bond donors (Lipinski definition) is 0. The average molecular weight is 246 g/mol. The van der Waals surface area contributed by atoms with Crippen molar-refractivity contribution in [3.63, 3.8) is 0 Å². The van der Waals surface area contributed by atoms with Gasteiger partial charge in [0.15, 0.2) is 0 Å². The van der Waals surface area contributed by atoms with Gasteiger partial charge in [0.05, 0.1) is 17.7 Å². The van der Waals surface area contributed by atoms with Gasteiger partial charge in [-0.1, -0.05) is 12.1 Å². The Morgan fingerprint density at radius 1 is 1.29 bits per heavy atom. The van der Waals surface area contributed by atoms with Crippen LogP contribution in [0.1, 0.15) is 29.4 Å². The highest BCUT2D eigenvalue weighted by molar-refractivity contribution is 5.85. The molecule has 0 aliphatic carbocycles. The van der Waals surface area contributed by atoms with Crippen molar-refractivity contribution in [3.05, 3.63) is 53.6 Å². The smallest absolute Gasteiger partial charge is 0.109 e. The molecule has 3 rings (SSSR count). The first kappa shape index (κ1) is 11.7. The molecule has 1 atom stereocenters. The molecule has 4 heteroatoms. The van der Waals surface area contributed by atoms with Gasteiger partial charge in [-0.3, -0.25) is 0 Å². The fraction of sp³-hybridized carbons (Fsp3) is 0.231. The summed E-state index contributed by atoms with van der Waals surface area (Å²) in [7, 11) is 0. The molecule has 0 saturated carbocycles. The number of imidazole rings is 1. The number of nitrogens with zero attached hydrogens (tertiary/aromatic N) is 3. The molecule has 0 spiro atoms. The minimum absolute atomic E-state index is 0. The average Bonchev–Trinajstić information content (AvgIpc) is 2.91. The summed E-state index contributed by atoms with van der Waals surface area (Å²) in [5.41, 5.74) is 1.98. The number of benzene rings is 1. The van der Waals surface area contributed by atoms with Crippen LogP contribution in [0.4, 0.5) is 0 Å². The van der Waals surface area contributed by atoms with Crippen molar-refractivity contribution in [2.45, 2.75) is 18.9 Å². The molecule has 0 N–H and O–H groups in total. The first-order valence-electron chi connectivity index (χ1n) is 5.40. The Balaban J connectivity index is 0.00000108. The summed E-state index contributed by atoms with van der Waals surface area (Å²) in [6, 6.07) is 10.4. The summed E-state index contributed by atoms with van der Waals surface area (Å²) in [6.07, 6.45) is 6.03. The van der Waals surface area contributed by atoms with Gasteiger partial charge in [-0.15, -0.1) is 12.4 Å². The molecule has 2 heterocycles. The normalized spacial score (nSPS) is 17.0. The number of rotatable bonds is 1. The number of fused-ring (bicyclic) bond motifs is 1. The van der Waals surface area contributed by atoms with Gasteiger partial charge in [-0.05, 0) is 24.1 Å². The van der Waals surface area contributed by atoms with Crippen LogP contribution in [-0.2, 0) is 6.42 Å². The topological polar surface area (TPSA) is 41.6 Å². The van der Waals surface area contributed by atoms with Crippen LogP contribution < -0.4 is 0 Å². The molecule has 1 aliphatic heterocycles. The predicted octanol–water partition coefficient (Wildman–Crippen LogP) is 2.71. The van der Waals surface area contributed by atoms with Crippen molar-refractivity contribution < 1.29 is 0 Å². The monoisotopic (exact) mass is 245 g/mol. The number of hydrogen-bond acceptors (Lipinski definition) is 2. The van der Waals surface area contributed by atoms with E-state index in [0.717, 1.165) is 18.7 Å². The summed E-state index contributed by atoms with van der Waals surface area (Å²) < 4.78 is 2.22. The molecule has 2 aromatic rings. The van der Waals surface area contributed by atoms with Gasteiger partial charge in [0.25, 0.3) is 0 Å². The summed E-state index contributed by atoms with van der Waals surface area (Å²) >= 11 is 0. The fourth-order valence-electron chi connectivity index (χ4n) is 2.33. The lowest BCUT2D eigenvalue weighted by Gasteiger charge is -2.12. The highest BCUT2D eigenvalue weighted by Gasteiger charge is 2.23. The van der Waals surface area contributed by atoms with Crippen molar-refractivity contribution in [1.29, 1.82) is 5.26 Å². The minimum Gasteiger partial charge on any atom is -0.327 e. The standard InChI is InChI=1S/C13H11N3.ClH/c14-9-10-1-3-11(4-2-10)12-5-6-13-15-7-8-16(12)13;/h1-4,7-8,12H,5-6H2;1H. The van der Waals surface area contributed by atoms with Gasteiger partial charge < -0.3 is 4.57 Å². The summed E-state index contributed by atoms with van der Waals surface area (Å²) in [6.45, 7) is 0. The summed E-state index contributed by atoms with van der Waals surface area (Å²) in [5, 5.41) is 8.75. The van der Waals surface area contributed by atoms with E-state index in [0.29, 0.717) is 11.6 Å². The van der Waals surface area contributed by atoms with Crippen molar-refractivity contribution in [3.8, 4) is 6.07 Å². The van der Waals surface area contributed by atoms with Crippen LogP contribution >= 0.6 is 12.4 Å². The van der Waals surface area contributed by atoms with Crippen LogP contribution in [0.25, 0.3) is 0 Å². The third kappa shape index (κ3) is 1.92. The Hall–Kier alpha value is -1.79. The molecule has 0 amide bonds. The van der Waals surface area contributed by atoms with Gasteiger partial charge in [0, 0.05) is 18.8 Å². The van der Waals surface area contributed by atoms with Crippen LogP contribution in [-0.4, -0.2) is 9.55 Å². The van der Waals surface area contributed by atoms with E-state index < -0.39 is 0 Å². The second-order valence-corrected chi connectivity index (χ2v) is 4.04. The van der Waals surface area contributed by atoms with E-state index in [-0.39, 0.29) is 12.4 Å². The van der Waals surface area contributed by atoms with E-state index in [9.17, 15) is 0 Å². The largest absolute Gasteiger partial charge is 0.327 e. The quantitative estimate of drug-likeness (QED) is 0.775. The van der Waals surface area contributed by atoms with Crippen molar-refractivity contribution in [2.75, 3.05) is 0 Å². The molecule has 0 bridgehead atoms. The van der Waals surface area contributed by atoms with Crippen molar-refractivity contribution in [2.24, 2.45) is 0 Å². The Morgan fingerprint density at radius 3 is 2.76 bits per heavy atom. The number of aromatic nitrogens is 2. The Bertz CT molecular complexity index is 551. The Morgan fingerprint density at radius 2 is 2.06 bits per heavy atom. The molecule has 3 nitrogen and oxygen atoms in total. The second kappa shape index (κ2) is 4.60. The first-order valence-corrected chi connectivity index (χ1v) is 5.40. The molecule has 86 valence electrons. The molecular weight excluding hydrogens is 234 g/mol. The van der Waals surface area contributed by atoms with E-state index in [2.05, 4.69) is 15.6 Å². The van der Waals surface area contributed by atoms with Gasteiger partial charge in [0.2, 0.25) is 0 Å². The number of nitriles is 1. The van der Waals surface area contributed by atoms with E-state index in [1.54, 1.807) is 0 Å². The molecule has 0 fully saturated rings. The van der Waals surface area contributed by atoms with Crippen LogP contribution in [0.2, 0.25) is 0 Å². The lowest BCUT2D eigenvalue weighted by Crippen LogP contribution is -2.03. The van der Waals surface area contributed by atoms with Gasteiger partial charge in [0.1, 0.15) is 5.82 Å². The second-order valence-electron chi connectivity index (χ2n) is 4.04. The maximum Gasteiger partial charge on any atom is 0.109 e. The first-order chi connectivity index (χ1) is 7.88. The molecule has 0 saturated heterocycles. The third-order valence-electron chi connectivity index (χ3n) is 3.15. The molecule has 1 aliphatic rings. The number of aryl methyl sites for hydroxylation is 1. The van der Waals surface area contributed by atoms with Crippen LogP contribution in [0, 0.1) is 11.3 Å². The maximum atomic E-state index is 8.75. The zero-order valence-electron chi connectivity index (χ0n) is 9.21. The summed E-state index contributed by atoms with van der Waals surface area (Å²) in [4.78, 5) is 4.32. The van der Waals surface area contributed by atoms with Gasteiger partial charge >= 0.3 is 0 Å². The van der Waals surface area contributed by atoms with Crippen molar-refractivity contribution in [1.82, 2.24) is 9.55 Å². The lowest BCUT2D eigenvalue weighted by molar-refractivity contribution is 0.621. The van der Waals surface area contributed by atoms with E-state index >= 15 is 0 Å². The maximum absolute atomic E-state index is 8.75. The zero-order chi connectivity index (χ0) is 11.0. The SMILES string of the molecule is Cl.N#Cc1ccc(C2CCc3nccn32)cc1. The van der Waals surface area contributed by atoms with Gasteiger partial charge in [-0.2, -0.15) is 5.26 Å². The zero-order valence-corrected chi connectivity index (χ0v) is 10.0. The minimum atomic E-state index is 0. The van der Waals surface area contributed by atoms with Crippen molar-refractivity contribution >= 4 is 12.4 Å².